The van der Waals surface area contributed by atoms with Crippen molar-refractivity contribution in [1.29, 1.82) is 0 Å². The molecule has 0 aliphatic rings. The van der Waals surface area contributed by atoms with Gasteiger partial charge in [-0.05, 0) is 57.2 Å². The third-order valence-electron chi connectivity index (χ3n) is 3.34. The summed E-state index contributed by atoms with van der Waals surface area (Å²) in [4.78, 5) is 20.4. The minimum atomic E-state index is 0.0673. The summed E-state index contributed by atoms with van der Waals surface area (Å²) in [5, 5.41) is 0. The quantitative estimate of drug-likeness (QED) is 0.668. The zero-order chi connectivity index (χ0) is 14.3. The van der Waals surface area contributed by atoms with E-state index in [1.165, 1.54) is 0 Å². The minimum Gasteiger partial charge on any atom is -0.295 e. The van der Waals surface area contributed by atoms with Gasteiger partial charge in [0.15, 0.2) is 11.4 Å². The van der Waals surface area contributed by atoms with Gasteiger partial charge in [-0.2, -0.15) is 0 Å². The van der Waals surface area contributed by atoms with E-state index >= 15 is 0 Å². The fourth-order valence-electron chi connectivity index (χ4n) is 2.32. The topological polar surface area (TPSA) is 47.8 Å². The van der Waals surface area contributed by atoms with E-state index < -0.39 is 0 Å². The monoisotopic (exact) mass is 265 g/mol. The molecule has 2 heterocycles. The maximum atomic E-state index is 11.3. The number of Topliss-reactive ketones (excluding diaryl/α,β-unsaturated/α-hetero) is 1. The smallest absolute Gasteiger partial charge is 0.164 e. The summed E-state index contributed by atoms with van der Waals surface area (Å²) >= 11 is 0. The Hall–Kier alpha value is -2.49. The minimum absolute atomic E-state index is 0.0673. The second kappa shape index (κ2) is 4.56. The molecule has 100 valence electrons. The van der Waals surface area contributed by atoms with Crippen LogP contribution in [0.15, 0.2) is 36.4 Å². The van der Waals surface area contributed by atoms with Crippen molar-refractivity contribution in [3.63, 3.8) is 0 Å². The van der Waals surface area contributed by atoms with E-state index in [1.807, 2.05) is 54.8 Å². The molecule has 0 fully saturated rings. The number of carbonyl (C=O) groups excluding carboxylic acids is 1. The lowest BCUT2D eigenvalue weighted by atomic mass is 10.1. The molecule has 3 rings (SSSR count). The third-order valence-corrected chi connectivity index (χ3v) is 3.34. The maximum absolute atomic E-state index is 11.3. The van der Waals surface area contributed by atoms with Crippen LogP contribution in [0.3, 0.4) is 0 Å². The predicted octanol–water partition coefficient (Wildman–Crippen LogP) is 3.24. The molecular weight excluding hydrogens is 250 g/mol. The van der Waals surface area contributed by atoms with Gasteiger partial charge in [0.05, 0.1) is 0 Å². The molecule has 0 saturated heterocycles. The Morgan fingerprint density at radius 1 is 1.00 bits per heavy atom. The number of hydrogen-bond acceptors (Lipinski definition) is 3. The Bertz CT molecular complexity index is 800. The van der Waals surface area contributed by atoms with E-state index in [2.05, 4.69) is 9.97 Å². The van der Waals surface area contributed by atoms with Gasteiger partial charge in [0.2, 0.25) is 0 Å². The number of hydrogen-bond donors (Lipinski definition) is 0. The van der Waals surface area contributed by atoms with Gasteiger partial charge >= 0.3 is 0 Å². The van der Waals surface area contributed by atoms with Gasteiger partial charge < -0.3 is 0 Å². The van der Waals surface area contributed by atoms with E-state index in [4.69, 9.17) is 0 Å². The van der Waals surface area contributed by atoms with Crippen LogP contribution in [-0.2, 0) is 0 Å². The molecular formula is C16H15N3O. The van der Waals surface area contributed by atoms with E-state index in [-0.39, 0.29) is 5.78 Å². The Morgan fingerprint density at radius 3 is 2.35 bits per heavy atom. The fourth-order valence-corrected chi connectivity index (χ4v) is 2.32. The van der Waals surface area contributed by atoms with Crippen LogP contribution >= 0.6 is 0 Å². The number of fused-ring (bicyclic) bond motifs is 1. The van der Waals surface area contributed by atoms with Crippen molar-refractivity contribution in [3.8, 4) is 5.69 Å². The van der Waals surface area contributed by atoms with Crippen molar-refractivity contribution in [1.82, 2.24) is 14.5 Å². The number of benzene rings is 1. The van der Waals surface area contributed by atoms with Crippen molar-refractivity contribution >= 4 is 16.9 Å². The summed E-state index contributed by atoms with van der Waals surface area (Å²) in [6, 6.07) is 11.4. The molecule has 4 nitrogen and oxygen atoms in total. The molecule has 0 spiro atoms. The maximum Gasteiger partial charge on any atom is 0.164 e. The molecule has 0 bridgehead atoms. The van der Waals surface area contributed by atoms with E-state index in [9.17, 15) is 4.79 Å². The largest absolute Gasteiger partial charge is 0.295 e. The second-order valence-electron chi connectivity index (χ2n) is 4.89. The normalized spacial score (nSPS) is 10.9. The van der Waals surface area contributed by atoms with Crippen LogP contribution < -0.4 is 0 Å². The number of rotatable bonds is 2. The van der Waals surface area contributed by atoms with E-state index in [0.717, 1.165) is 28.4 Å². The van der Waals surface area contributed by atoms with E-state index in [1.54, 1.807) is 6.92 Å². The third kappa shape index (κ3) is 1.99. The zero-order valence-corrected chi connectivity index (χ0v) is 11.7. The molecule has 4 heteroatoms. The molecule has 20 heavy (non-hydrogen) atoms. The number of ketones is 1. The van der Waals surface area contributed by atoms with Crippen molar-refractivity contribution in [2.45, 2.75) is 20.8 Å². The molecule has 0 saturated carbocycles. The Labute approximate surface area is 117 Å². The lowest BCUT2D eigenvalue weighted by Gasteiger charge is -2.07. The molecule has 2 aromatic heterocycles. The number of aryl methyl sites for hydroxylation is 2. The highest BCUT2D eigenvalue weighted by molar-refractivity contribution is 5.94. The van der Waals surface area contributed by atoms with Gasteiger partial charge in [-0.15, -0.1) is 0 Å². The SMILES string of the molecule is CC(=O)c1ccc(-n2c(C)nc3ccc(C)nc32)cc1. The average Bonchev–Trinajstić information content (AvgIpc) is 2.74. The van der Waals surface area contributed by atoms with Gasteiger partial charge in [0.25, 0.3) is 0 Å². The molecule has 0 aliphatic heterocycles. The van der Waals surface area contributed by atoms with Gasteiger partial charge in [-0.1, -0.05) is 0 Å². The second-order valence-corrected chi connectivity index (χ2v) is 4.89. The average molecular weight is 265 g/mol. The first-order chi connectivity index (χ1) is 9.56. The zero-order valence-electron chi connectivity index (χ0n) is 11.7. The number of pyridine rings is 1. The van der Waals surface area contributed by atoms with E-state index in [0.29, 0.717) is 5.56 Å². The van der Waals surface area contributed by atoms with Gasteiger partial charge in [0.1, 0.15) is 11.3 Å². The summed E-state index contributed by atoms with van der Waals surface area (Å²) in [6.07, 6.45) is 0. The van der Waals surface area contributed by atoms with Gasteiger partial charge in [0, 0.05) is 16.9 Å². The number of nitrogens with zero attached hydrogens (tertiary/aromatic N) is 3. The molecule has 0 atom stereocenters. The molecule has 0 unspecified atom stereocenters. The Kier molecular flexibility index (Phi) is 2.86. The molecule has 0 aliphatic carbocycles. The fraction of sp³-hybridized carbons (Fsp3) is 0.188. The summed E-state index contributed by atoms with van der Waals surface area (Å²) in [7, 11) is 0. The lowest BCUT2D eigenvalue weighted by molar-refractivity contribution is 0.101. The lowest BCUT2D eigenvalue weighted by Crippen LogP contribution is -2.00. The molecule has 0 radical (unpaired) electrons. The highest BCUT2D eigenvalue weighted by atomic mass is 16.1. The molecule has 3 aromatic rings. The van der Waals surface area contributed by atoms with Crippen LogP contribution in [0.2, 0.25) is 0 Å². The van der Waals surface area contributed by atoms with Gasteiger partial charge in [-0.25, -0.2) is 9.97 Å². The van der Waals surface area contributed by atoms with Crippen molar-refractivity contribution < 1.29 is 4.79 Å². The number of carbonyl (C=O) groups is 1. The number of aromatic nitrogens is 3. The van der Waals surface area contributed by atoms with Crippen LogP contribution in [-0.4, -0.2) is 20.3 Å². The summed E-state index contributed by atoms with van der Waals surface area (Å²) in [5.74, 6) is 0.950. The van der Waals surface area contributed by atoms with Crippen LogP contribution in [0.4, 0.5) is 0 Å². The van der Waals surface area contributed by atoms with Crippen LogP contribution in [0.1, 0.15) is 28.8 Å². The van der Waals surface area contributed by atoms with Crippen molar-refractivity contribution in [2.75, 3.05) is 0 Å². The first kappa shape index (κ1) is 12.5. The summed E-state index contributed by atoms with van der Waals surface area (Å²) in [6.45, 7) is 5.48. The van der Waals surface area contributed by atoms with Crippen LogP contribution in [0.25, 0.3) is 16.9 Å². The molecule has 0 amide bonds. The van der Waals surface area contributed by atoms with Crippen LogP contribution in [0.5, 0.6) is 0 Å². The predicted molar refractivity (Wildman–Crippen MR) is 78.3 cm³/mol. The highest BCUT2D eigenvalue weighted by Crippen LogP contribution is 2.20. The molecule has 0 N–H and O–H groups in total. The summed E-state index contributed by atoms with van der Waals surface area (Å²) < 4.78 is 2.01. The first-order valence-electron chi connectivity index (χ1n) is 6.50. The van der Waals surface area contributed by atoms with Crippen LogP contribution in [0, 0.1) is 13.8 Å². The standard InChI is InChI=1S/C16H15N3O/c1-10-4-9-15-16(17-10)19(12(3)18-15)14-7-5-13(6-8-14)11(2)20/h4-9H,1-3H3. The Morgan fingerprint density at radius 2 is 1.70 bits per heavy atom. The Balaban J connectivity index is 2.20. The van der Waals surface area contributed by atoms with Gasteiger partial charge in [-0.3, -0.25) is 9.36 Å². The highest BCUT2D eigenvalue weighted by Gasteiger charge is 2.11. The summed E-state index contributed by atoms with van der Waals surface area (Å²) in [5.41, 5.74) is 4.36. The first-order valence-corrected chi connectivity index (χ1v) is 6.50. The number of imidazole rings is 1. The van der Waals surface area contributed by atoms with Crippen molar-refractivity contribution in [2.24, 2.45) is 0 Å². The molecule has 1 aromatic carbocycles. The van der Waals surface area contributed by atoms with Crippen molar-refractivity contribution in [3.05, 3.63) is 53.5 Å².